The molecule has 2 fully saturated rings. The average molecular weight is 326 g/mol. The molecule has 2 aliphatic heterocycles. The molecule has 0 aliphatic carbocycles. The molecule has 3 nitrogen and oxygen atoms in total. The van der Waals surface area contributed by atoms with Gasteiger partial charge >= 0.3 is 0 Å². The molecule has 1 atom stereocenters. The second kappa shape index (κ2) is 7.73. The van der Waals surface area contributed by atoms with Crippen LogP contribution in [0.5, 0.6) is 0 Å². The van der Waals surface area contributed by atoms with Crippen LogP contribution in [0.4, 0.5) is 5.69 Å². The van der Waals surface area contributed by atoms with Crippen molar-refractivity contribution in [3.63, 3.8) is 0 Å². The van der Waals surface area contributed by atoms with Gasteiger partial charge in [0.15, 0.2) is 0 Å². The Balaban J connectivity index is 1.41. The van der Waals surface area contributed by atoms with E-state index >= 15 is 0 Å². The second-order valence-electron chi connectivity index (χ2n) is 5.82. The van der Waals surface area contributed by atoms with Crippen LogP contribution in [0.2, 0.25) is 5.02 Å². The van der Waals surface area contributed by atoms with Gasteiger partial charge in [0.2, 0.25) is 0 Å². The first kappa shape index (κ1) is 15.5. The van der Waals surface area contributed by atoms with E-state index in [4.69, 9.17) is 11.6 Å². The molecule has 2 aliphatic rings. The highest BCUT2D eigenvalue weighted by atomic mass is 35.5. The van der Waals surface area contributed by atoms with E-state index in [-0.39, 0.29) is 0 Å². The smallest absolute Gasteiger partial charge is 0.0407 e. The van der Waals surface area contributed by atoms with E-state index in [2.05, 4.69) is 39.0 Å². The molecule has 1 aromatic carbocycles. The summed E-state index contributed by atoms with van der Waals surface area (Å²) in [5, 5.41) is 4.44. The molecule has 116 valence electrons. The van der Waals surface area contributed by atoms with E-state index in [1.54, 1.807) is 0 Å². The Labute approximate surface area is 137 Å². The molecule has 0 amide bonds. The van der Waals surface area contributed by atoms with Crippen molar-refractivity contribution in [2.75, 3.05) is 55.7 Å². The summed E-state index contributed by atoms with van der Waals surface area (Å²) in [4.78, 5) is 5.06. The molecular weight excluding hydrogens is 302 g/mol. The van der Waals surface area contributed by atoms with E-state index < -0.39 is 0 Å². The summed E-state index contributed by atoms with van der Waals surface area (Å²) in [6, 6.07) is 8.94. The van der Waals surface area contributed by atoms with Gasteiger partial charge in [0.05, 0.1) is 0 Å². The van der Waals surface area contributed by atoms with E-state index in [9.17, 15) is 0 Å². The maximum absolute atomic E-state index is 5.95. The molecule has 2 saturated heterocycles. The van der Waals surface area contributed by atoms with Crippen LogP contribution in [0.3, 0.4) is 0 Å². The number of nitrogens with zero attached hydrogens (tertiary/aromatic N) is 2. The predicted octanol–water partition coefficient (Wildman–Crippen LogP) is 2.56. The Hall–Kier alpha value is -0.420. The fourth-order valence-corrected chi connectivity index (χ4v) is 4.15. The SMILES string of the molecule is Clc1ccc(N2CCN(CCC3CSCCN3)CC2)cc1. The van der Waals surface area contributed by atoms with Crippen molar-refractivity contribution >= 4 is 29.1 Å². The highest BCUT2D eigenvalue weighted by Crippen LogP contribution is 2.19. The van der Waals surface area contributed by atoms with Gasteiger partial charge in [-0.15, -0.1) is 0 Å². The van der Waals surface area contributed by atoms with Gasteiger partial charge in [-0.1, -0.05) is 11.6 Å². The number of piperazine rings is 1. The van der Waals surface area contributed by atoms with Crippen molar-refractivity contribution in [3.05, 3.63) is 29.3 Å². The summed E-state index contributed by atoms with van der Waals surface area (Å²) >= 11 is 8.04. The van der Waals surface area contributed by atoms with E-state index in [0.29, 0.717) is 0 Å². The maximum atomic E-state index is 5.95. The van der Waals surface area contributed by atoms with E-state index in [1.807, 2.05) is 12.1 Å². The quantitative estimate of drug-likeness (QED) is 0.916. The summed E-state index contributed by atoms with van der Waals surface area (Å²) in [6.07, 6.45) is 1.29. The zero-order valence-corrected chi connectivity index (χ0v) is 14.0. The number of anilines is 1. The third kappa shape index (κ3) is 4.52. The van der Waals surface area contributed by atoms with Gasteiger partial charge in [0.1, 0.15) is 0 Å². The molecule has 0 bridgehead atoms. The van der Waals surface area contributed by atoms with Crippen LogP contribution in [0.25, 0.3) is 0 Å². The minimum Gasteiger partial charge on any atom is -0.369 e. The molecule has 0 spiro atoms. The summed E-state index contributed by atoms with van der Waals surface area (Å²) < 4.78 is 0. The Morgan fingerprint density at radius 3 is 2.57 bits per heavy atom. The third-order valence-corrected chi connectivity index (χ3v) is 5.74. The first-order chi connectivity index (χ1) is 10.3. The Morgan fingerprint density at radius 1 is 1.14 bits per heavy atom. The lowest BCUT2D eigenvalue weighted by molar-refractivity contribution is 0.245. The van der Waals surface area contributed by atoms with Crippen LogP contribution in [0.15, 0.2) is 24.3 Å². The van der Waals surface area contributed by atoms with Gasteiger partial charge < -0.3 is 10.2 Å². The molecular formula is C16H24ClN3S. The van der Waals surface area contributed by atoms with Crippen LogP contribution in [-0.4, -0.2) is 61.7 Å². The molecule has 1 unspecified atom stereocenters. The predicted molar refractivity (Wildman–Crippen MR) is 93.8 cm³/mol. The minimum atomic E-state index is 0.720. The molecule has 1 aromatic rings. The Bertz CT molecular complexity index is 426. The standard InChI is InChI=1S/C16H24ClN3S/c17-14-1-3-16(4-2-14)20-10-8-19(9-11-20)7-5-15-13-21-12-6-18-15/h1-4,15,18H,5-13H2. The topological polar surface area (TPSA) is 18.5 Å². The third-order valence-electron chi connectivity index (χ3n) is 4.36. The lowest BCUT2D eigenvalue weighted by atomic mass is 10.2. The second-order valence-corrected chi connectivity index (χ2v) is 7.41. The molecule has 21 heavy (non-hydrogen) atoms. The number of nitrogens with one attached hydrogen (secondary N) is 1. The van der Waals surface area contributed by atoms with Gasteiger partial charge in [-0.05, 0) is 37.2 Å². The first-order valence-electron chi connectivity index (χ1n) is 7.85. The monoisotopic (exact) mass is 325 g/mol. The average Bonchev–Trinajstić information content (AvgIpc) is 2.55. The van der Waals surface area contributed by atoms with Crippen molar-refractivity contribution in [1.82, 2.24) is 10.2 Å². The molecule has 3 rings (SSSR count). The van der Waals surface area contributed by atoms with Crippen LogP contribution >= 0.6 is 23.4 Å². The van der Waals surface area contributed by atoms with Crippen molar-refractivity contribution in [1.29, 1.82) is 0 Å². The fraction of sp³-hybridized carbons (Fsp3) is 0.625. The van der Waals surface area contributed by atoms with Gasteiger partial charge in [-0.25, -0.2) is 0 Å². The first-order valence-corrected chi connectivity index (χ1v) is 9.38. The van der Waals surface area contributed by atoms with Crippen molar-refractivity contribution < 1.29 is 0 Å². The van der Waals surface area contributed by atoms with E-state index in [0.717, 1.165) is 24.2 Å². The zero-order valence-electron chi connectivity index (χ0n) is 12.4. The number of benzene rings is 1. The number of thioether (sulfide) groups is 1. The highest BCUT2D eigenvalue weighted by Gasteiger charge is 2.19. The molecule has 0 radical (unpaired) electrons. The van der Waals surface area contributed by atoms with Gasteiger partial charge in [0, 0.05) is 61.0 Å². The number of rotatable bonds is 4. The molecule has 0 saturated carbocycles. The van der Waals surface area contributed by atoms with Crippen LogP contribution in [-0.2, 0) is 0 Å². The molecule has 2 heterocycles. The van der Waals surface area contributed by atoms with Crippen molar-refractivity contribution in [2.45, 2.75) is 12.5 Å². The van der Waals surface area contributed by atoms with Crippen LogP contribution in [0.1, 0.15) is 6.42 Å². The number of hydrogen-bond donors (Lipinski definition) is 1. The lowest BCUT2D eigenvalue weighted by Crippen LogP contribution is -2.48. The molecule has 1 N–H and O–H groups in total. The van der Waals surface area contributed by atoms with Crippen molar-refractivity contribution in [3.8, 4) is 0 Å². The summed E-state index contributed by atoms with van der Waals surface area (Å²) in [5.41, 5.74) is 1.30. The molecule has 0 aromatic heterocycles. The molecule has 5 heteroatoms. The summed E-state index contributed by atoms with van der Waals surface area (Å²) in [6.45, 7) is 6.99. The summed E-state index contributed by atoms with van der Waals surface area (Å²) in [5.74, 6) is 2.56. The van der Waals surface area contributed by atoms with Gasteiger partial charge in [-0.3, -0.25) is 4.90 Å². The van der Waals surface area contributed by atoms with Gasteiger partial charge in [0.25, 0.3) is 0 Å². The largest absolute Gasteiger partial charge is 0.369 e. The Kier molecular flexibility index (Phi) is 5.69. The van der Waals surface area contributed by atoms with Gasteiger partial charge in [-0.2, -0.15) is 11.8 Å². The Morgan fingerprint density at radius 2 is 1.90 bits per heavy atom. The van der Waals surface area contributed by atoms with Crippen LogP contribution < -0.4 is 10.2 Å². The van der Waals surface area contributed by atoms with E-state index in [1.165, 1.54) is 49.8 Å². The summed E-state index contributed by atoms with van der Waals surface area (Å²) in [7, 11) is 0. The highest BCUT2D eigenvalue weighted by molar-refractivity contribution is 7.99. The van der Waals surface area contributed by atoms with Crippen LogP contribution in [0, 0.1) is 0 Å². The normalized spacial score (nSPS) is 24.2. The lowest BCUT2D eigenvalue weighted by Gasteiger charge is -2.37. The zero-order chi connectivity index (χ0) is 14.5. The van der Waals surface area contributed by atoms with Crippen molar-refractivity contribution in [2.24, 2.45) is 0 Å². The number of hydrogen-bond acceptors (Lipinski definition) is 4. The maximum Gasteiger partial charge on any atom is 0.0407 e. The number of halogens is 1. The minimum absolute atomic E-state index is 0.720. The fourth-order valence-electron chi connectivity index (χ4n) is 3.03.